The number of nitrogens with one attached hydrogen (secondary N) is 4. The van der Waals surface area contributed by atoms with Crippen molar-refractivity contribution >= 4 is 33.1 Å². The first-order chi connectivity index (χ1) is 20.5. The molecular formula is C29H35F2N7O4S. The molecule has 11 nitrogen and oxygen atoms in total. The molecule has 3 aliphatic heterocycles. The fourth-order valence-corrected chi connectivity index (χ4v) is 7.79. The highest BCUT2D eigenvalue weighted by molar-refractivity contribution is 7.89. The lowest BCUT2D eigenvalue weighted by Crippen LogP contribution is -2.40. The Balaban J connectivity index is 1.26. The van der Waals surface area contributed by atoms with Crippen LogP contribution in [0.25, 0.3) is 0 Å². The number of hydrogen-bond acceptors (Lipinski definition) is 8. The van der Waals surface area contributed by atoms with Crippen molar-refractivity contribution in [3.63, 3.8) is 0 Å². The fraction of sp³-hybridized carbons (Fsp3) is 0.448. The van der Waals surface area contributed by atoms with E-state index < -0.39 is 38.0 Å². The number of aromatic nitrogens is 2. The van der Waals surface area contributed by atoms with Gasteiger partial charge in [0, 0.05) is 55.2 Å². The molecule has 2 aromatic carbocycles. The molecule has 2 fully saturated rings. The van der Waals surface area contributed by atoms with Crippen LogP contribution in [-0.2, 0) is 26.8 Å². The molecule has 3 aliphatic rings. The number of rotatable bonds is 8. The summed E-state index contributed by atoms with van der Waals surface area (Å²) >= 11 is 0. The number of benzene rings is 2. The smallest absolute Gasteiger partial charge is 0.258 e. The molecule has 2 saturated heterocycles. The quantitative estimate of drug-likeness (QED) is 0.304. The second-order valence-electron chi connectivity index (χ2n) is 11.6. The summed E-state index contributed by atoms with van der Waals surface area (Å²) in [7, 11) is -4.30. The lowest BCUT2D eigenvalue weighted by atomic mass is 10.0. The van der Waals surface area contributed by atoms with Crippen molar-refractivity contribution in [3.05, 3.63) is 64.9 Å². The molecule has 0 spiro atoms. The first-order valence-electron chi connectivity index (χ1n) is 14.4. The molecule has 3 aromatic rings. The van der Waals surface area contributed by atoms with Gasteiger partial charge in [0.05, 0.1) is 34.9 Å². The molecule has 0 radical (unpaired) electrons. The number of anilines is 3. The minimum absolute atomic E-state index is 0.149. The molecule has 1 aromatic heterocycles. The van der Waals surface area contributed by atoms with Crippen LogP contribution in [0.3, 0.4) is 0 Å². The van der Waals surface area contributed by atoms with E-state index in [1.807, 2.05) is 12.1 Å². The maximum absolute atomic E-state index is 13.9. The minimum atomic E-state index is -4.30. The van der Waals surface area contributed by atoms with Crippen LogP contribution in [0, 0.1) is 11.6 Å². The highest BCUT2D eigenvalue weighted by Crippen LogP contribution is 2.44. The van der Waals surface area contributed by atoms with E-state index in [2.05, 4.69) is 31.0 Å². The normalized spacial score (nSPS) is 20.3. The van der Waals surface area contributed by atoms with E-state index in [0.29, 0.717) is 54.4 Å². The van der Waals surface area contributed by atoms with Crippen molar-refractivity contribution in [1.82, 2.24) is 19.8 Å². The molecule has 230 valence electrons. The van der Waals surface area contributed by atoms with E-state index in [-0.39, 0.29) is 12.4 Å². The summed E-state index contributed by atoms with van der Waals surface area (Å²) in [5.41, 5.74) is 1.92. The van der Waals surface area contributed by atoms with Crippen LogP contribution in [0.2, 0.25) is 0 Å². The monoisotopic (exact) mass is 615 g/mol. The van der Waals surface area contributed by atoms with Crippen molar-refractivity contribution in [2.45, 2.75) is 49.7 Å². The Morgan fingerprint density at radius 2 is 1.88 bits per heavy atom. The zero-order valence-corrected chi connectivity index (χ0v) is 24.9. The van der Waals surface area contributed by atoms with Gasteiger partial charge in [-0.05, 0) is 63.6 Å². The number of sulfonamides is 1. The number of morpholine rings is 1. The van der Waals surface area contributed by atoms with Gasteiger partial charge in [0.2, 0.25) is 10.0 Å². The molecule has 6 rings (SSSR count). The van der Waals surface area contributed by atoms with Crippen LogP contribution in [-0.4, -0.2) is 74.3 Å². The summed E-state index contributed by atoms with van der Waals surface area (Å²) in [4.78, 5) is 15.4. The standard InChI is InChI=1S/C29H35F2N7O4S/c1-29(2)26-24(17-38(29)43(40,41)22-13-18(30)12-19(31)14-22)27(36-35-26)34-28(39)23-6-5-21(37-8-10-42-11-9-37)15-25(23)33-16-20-4-3-7-32-20/h5-6,12-15,20,32-33H,3-4,7-11,16-17H2,1-2H3,(H2,34,35,36,39). The Morgan fingerprint density at radius 3 is 2.58 bits per heavy atom. The van der Waals surface area contributed by atoms with E-state index in [1.165, 1.54) is 0 Å². The second-order valence-corrected chi connectivity index (χ2v) is 13.4. The molecule has 1 unspecified atom stereocenters. The highest BCUT2D eigenvalue weighted by Gasteiger charge is 2.48. The summed E-state index contributed by atoms with van der Waals surface area (Å²) in [5, 5.41) is 17.0. The van der Waals surface area contributed by atoms with Gasteiger partial charge < -0.3 is 25.6 Å². The van der Waals surface area contributed by atoms with E-state index in [4.69, 9.17) is 4.74 Å². The van der Waals surface area contributed by atoms with E-state index >= 15 is 0 Å². The molecule has 4 N–H and O–H groups in total. The number of aromatic amines is 1. The van der Waals surface area contributed by atoms with Gasteiger partial charge in [-0.2, -0.15) is 9.40 Å². The van der Waals surface area contributed by atoms with Gasteiger partial charge in [-0.3, -0.25) is 9.89 Å². The van der Waals surface area contributed by atoms with Crippen molar-refractivity contribution in [2.75, 3.05) is 54.9 Å². The van der Waals surface area contributed by atoms with Gasteiger partial charge in [-0.1, -0.05) is 0 Å². The third-order valence-corrected chi connectivity index (χ3v) is 10.4. The summed E-state index contributed by atoms with van der Waals surface area (Å²) in [6.07, 6.45) is 2.16. The lowest BCUT2D eigenvalue weighted by Gasteiger charge is -2.30. The van der Waals surface area contributed by atoms with Crippen molar-refractivity contribution < 1.29 is 26.7 Å². The van der Waals surface area contributed by atoms with Gasteiger partial charge >= 0.3 is 0 Å². The topological polar surface area (TPSA) is 132 Å². The first kappa shape index (κ1) is 29.5. The number of H-pyrrole nitrogens is 1. The van der Waals surface area contributed by atoms with Gasteiger partial charge in [0.15, 0.2) is 5.82 Å². The van der Waals surface area contributed by atoms with Gasteiger partial charge in [-0.25, -0.2) is 17.2 Å². The molecule has 0 bridgehead atoms. The molecule has 0 saturated carbocycles. The third-order valence-electron chi connectivity index (χ3n) is 8.39. The Kier molecular flexibility index (Phi) is 7.87. The average Bonchev–Trinajstić information content (AvgIpc) is 3.70. The third kappa shape index (κ3) is 5.71. The predicted octanol–water partition coefficient (Wildman–Crippen LogP) is 3.38. The van der Waals surface area contributed by atoms with Gasteiger partial charge in [0.1, 0.15) is 11.6 Å². The SMILES string of the molecule is CC1(C)c2[nH]nc(NC(=O)c3ccc(N4CCOCC4)cc3NCC3CCCN3)c2CN1S(=O)(=O)c1cc(F)cc(F)c1. The summed E-state index contributed by atoms with van der Waals surface area (Å²) in [6, 6.07) is 8.16. The number of carbonyl (C=O) groups is 1. The van der Waals surface area contributed by atoms with E-state index in [0.717, 1.165) is 54.6 Å². The minimum Gasteiger partial charge on any atom is -0.383 e. The van der Waals surface area contributed by atoms with Crippen molar-refractivity contribution in [2.24, 2.45) is 0 Å². The molecule has 43 heavy (non-hydrogen) atoms. The van der Waals surface area contributed by atoms with Crippen molar-refractivity contribution in [3.8, 4) is 0 Å². The fourth-order valence-electron chi connectivity index (χ4n) is 6.02. The van der Waals surface area contributed by atoms with E-state index in [1.54, 1.807) is 19.9 Å². The second kappa shape index (κ2) is 11.5. The van der Waals surface area contributed by atoms with Crippen LogP contribution in [0.15, 0.2) is 41.3 Å². The average molecular weight is 616 g/mol. The van der Waals surface area contributed by atoms with Gasteiger partial charge in [-0.15, -0.1) is 0 Å². The Labute approximate surface area is 249 Å². The summed E-state index contributed by atoms with van der Waals surface area (Å²) in [5.74, 6) is -2.19. The largest absolute Gasteiger partial charge is 0.383 e. The molecule has 14 heteroatoms. The Bertz CT molecular complexity index is 1610. The van der Waals surface area contributed by atoms with Crippen LogP contribution in [0.1, 0.15) is 48.3 Å². The maximum atomic E-state index is 13.9. The number of hydrogen-bond donors (Lipinski definition) is 4. The predicted molar refractivity (Wildman–Crippen MR) is 158 cm³/mol. The van der Waals surface area contributed by atoms with E-state index in [9.17, 15) is 22.0 Å². The molecular weight excluding hydrogens is 580 g/mol. The zero-order valence-electron chi connectivity index (χ0n) is 24.0. The number of fused-ring (bicyclic) bond motifs is 1. The van der Waals surface area contributed by atoms with Gasteiger partial charge in [0.25, 0.3) is 5.91 Å². The highest BCUT2D eigenvalue weighted by atomic mass is 32.2. The van der Waals surface area contributed by atoms with Crippen LogP contribution in [0.4, 0.5) is 26.0 Å². The molecule has 0 aliphatic carbocycles. The first-order valence-corrected chi connectivity index (χ1v) is 15.8. The number of carbonyl (C=O) groups excluding carboxylic acids is 1. The van der Waals surface area contributed by atoms with Crippen molar-refractivity contribution in [1.29, 1.82) is 0 Å². The number of halogens is 2. The maximum Gasteiger partial charge on any atom is 0.258 e. The number of amides is 1. The summed E-state index contributed by atoms with van der Waals surface area (Å²) in [6.45, 7) is 7.60. The van der Waals surface area contributed by atoms with Crippen LogP contribution in [0.5, 0.6) is 0 Å². The summed E-state index contributed by atoms with van der Waals surface area (Å²) < 4.78 is 61.5. The number of ether oxygens (including phenoxy) is 1. The molecule has 1 amide bonds. The Morgan fingerprint density at radius 1 is 1.14 bits per heavy atom. The zero-order chi connectivity index (χ0) is 30.4. The number of nitrogens with zero attached hydrogens (tertiary/aromatic N) is 3. The molecule has 4 heterocycles. The molecule has 1 atom stereocenters. The Hall–Kier alpha value is -3.59. The van der Waals surface area contributed by atoms with Crippen LogP contribution >= 0.6 is 0 Å². The van der Waals surface area contributed by atoms with Crippen LogP contribution < -0.4 is 20.9 Å². The lowest BCUT2D eigenvalue weighted by molar-refractivity contribution is 0.102.